The fourth-order valence-corrected chi connectivity index (χ4v) is 2.33. The lowest BCUT2D eigenvalue weighted by Crippen LogP contribution is -2.31. The van der Waals surface area contributed by atoms with Crippen molar-refractivity contribution < 1.29 is 22.7 Å². The van der Waals surface area contributed by atoms with Crippen LogP contribution in [0.2, 0.25) is 0 Å². The van der Waals surface area contributed by atoms with E-state index in [1.54, 1.807) is 4.90 Å². The highest BCUT2D eigenvalue weighted by Crippen LogP contribution is 2.27. The third kappa shape index (κ3) is 3.12. The normalized spacial score (nSPS) is 23.6. The largest absolute Gasteiger partial charge is 0.755 e. The molecule has 3 N–H and O–H groups in total. The number of anilines is 2. The highest BCUT2D eigenvalue weighted by molar-refractivity contribution is 7.80. The molecule has 20 heavy (non-hydrogen) atoms. The van der Waals surface area contributed by atoms with Crippen LogP contribution in [0.15, 0.2) is 18.2 Å². The van der Waals surface area contributed by atoms with Crippen LogP contribution in [0.1, 0.15) is 0 Å². The van der Waals surface area contributed by atoms with E-state index in [4.69, 9.17) is 10.5 Å². The molecule has 9 heteroatoms. The number of nitrogens with zero attached hydrogens (tertiary/aromatic N) is 1. The Balaban J connectivity index is 2.22. The predicted molar refractivity (Wildman–Crippen MR) is 70.1 cm³/mol. The first-order chi connectivity index (χ1) is 9.55. The minimum atomic E-state index is -2.60. The lowest BCUT2D eigenvalue weighted by molar-refractivity contribution is -0.117. The summed E-state index contributed by atoms with van der Waals surface area (Å²) in [5, 5.41) is 0. The first-order valence-electron chi connectivity index (χ1n) is 5.78. The molecular weight excluding hydrogens is 289 g/mol. The third-order valence-electron chi connectivity index (χ3n) is 2.90. The lowest BCUT2D eigenvalue weighted by atomic mass is 10.2. The quantitative estimate of drug-likeness (QED) is 0.572. The standard InChI is InChI=1S/C11H14FN3O4S/c12-9-3-7(1-2-10(9)14-20(17)18)15-5-8(4-13)19-11(15)6-16/h1-3,6,8,11,14H,4-5,13H2,(H,17,18)/p-1/t8-,11?/m0/s1. The van der Waals surface area contributed by atoms with Crippen LogP contribution >= 0.6 is 0 Å². The zero-order valence-corrected chi connectivity index (χ0v) is 11.1. The van der Waals surface area contributed by atoms with Crippen LogP contribution in [0.3, 0.4) is 0 Å². The van der Waals surface area contributed by atoms with Gasteiger partial charge in [0.05, 0.1) is 11.8 Å². The molecule has 7 nitrogen and oxygen atoms in total. The molecule has 1 aromatic carbocycles. The summed E-state index contributed by atoms with van der Waals surface area (Å²) in [6, 6.07) is 3.91. The molecule has 1 aliphatic rings. The van der Waals surface area contributed by atoms with E-state index in [9.17, 15) is 17.9 Å². The average molecular weight is 302 g/mol. The summed E-state index contributed by atoms with van der Waals surface area (Å²) >= 11 is -2.60. The minimum Gasteiger partial charge on any atom is -0.755 e. The number of carbonyl (C=O) groups excluding carboxylic acids is 1. The van der Waals surface area contributed by atoms with Crippen molar-refractivity contribution in [2.45, 2.75) is 12.3 Å². The number of ether oxygens (including phenoxy) is 1. The first-order valence-corrected chi connectivity index (χ1v) is 6.85. The number of aldehydes is 1. The molecule has 0 aliphatic carbocycles. The molecule has 1 fully saturated rings. The van der Waals surface area contributed by atoms with Crippen LogP contribution in [0.25, 0.3) is 0 Å². The van der Waals surface area contributed by atoms with Crippen LogP contribution in [0.4, 0.5) is 15.8 Å². The van der Waals surface area contributed by atoms with Gasteiger partial charge in [0.1, 0.15) is 5.82 Å². The minimum absolute atomic E-state index is 0.166. The van der Waals surface area contributed by atoms with E-state index >= 15 is 0 Å². The molecule has 1 aliphatic heterocycles. The predicted octanol–water partition coefficient (Wildman–Crippen LogP) is -0.279. The maximum atomic E-state index is 13.8. The van der Waals surface area contributed by atoms with E-state index in [-0.39, 0.29) is 18.3 Å². The zero-order chi connectivity index (χ0) is 14.7. The van der Waals surface area contributed by atoms with Gasteiger partial charge >= 0.3 is 0 Å². The van der Waals surface area contributed by atoms with Crippen LogP contribution in [-0.4, -0.2) is 40.5 Å². The Labute approximate surface area is 117 Å². The average Bonchev–Trinajstić information content (AvgIpc) is 2.84. The van der Waals surface area contributed by atoms with Crippen LogP contribution in [-0.2, 0) is 20.8 Å². The number of nitrogens with one attached hydrogen (secondary N) is 1. The van der Waals surface area contributed by atoms with Crippen molar-refractivity contribution in [2.24, 2.45) is 5.73 Å². The van der Waals surface area contributed by atoms with Crippen LogP contribution in [0, 0.1) is 5.82 Å². The maximum absolute atomic E-state index is 13.8. The molecule has 1 heterocycles. The molecular formula is C11H13FN3O4S-. The Morgan fingerprint density at radius 1 is 1.65 bits per heavy atom. The SMILES string of the molecule is NC[C@H]1CN(c2ccc(NS(=O)[O-])c(F)c2)C(C=O)O1. The van der Waals surface area contributed by atoms with Gasteiger partial charge in [-0.3, -0.25) is 9.00 Å². The molecule has 2 rings (SSSR count). The van der Waals surface area contributed by atoms with E-state index in [1.165, 1.54) is 12.1 Å². The molecule has 0 amide bonds. The molecule has 110 valence electrons. The summed E-state index contributed by atoms with van der Waals surface area (Å²) in [5.74, 6) is -0.743. The van der Waals surface area contributed by atoms with Gasteiger partial charge in [-0.25, -0.2) is 4.39 Å². The molecule has 0 saturated carbocycles. The Kier molecular flexibility index (Phi) is 4.65. The number of halogens is 1. The fraction of sp³-hybridized carbons (Fsp3) is 0.364. The molecule has 3 atom stereocenters. The van der Waals surface area contributed by atoms with Gasteiger partial charge in [0, 0.05) is 30.0 Å². The van der Waals surface area contributed by atoms with Gasteiger partial charge in [-0.05, 0) is 18.2 Å². The summed E-state index contributed by atoms with van der Waals surface area (Å²) < 4.78 is 42.0. The van der Waals surface area contributed by atoms with E-state index in [0.717, 1.165) is 6.07 Å². The number of benzene rings is 1. The van der Waals surface area contributed by atoms with Gasteiger partial charge in [-0.1, -0.05) is 0 Å². The number of rotatable bonds is 5. The van der Waals surface area contributed by atoms with Crippen LogP contribution in [0.5, 0.6) is 0 Å². The van der Waals surface area contributed by atoms with Gasteiger partial charge in [0.2, 0.25) is 0 Å². The van der Waals surface area contributed by atoms with E-state index in [2.05, 4.69) is 0 Å². The van der Waals surface area contributed by atoms with Crippen molar-refractivity contribution in [3.05, 3.63) is 24.0 Å². The van der Waals surface area contributed by atoms with Gasteiger partial charge in [-0.2, -0.15) is 0 Å². The third-order valence-corrected chi connectivity index (χ3v) is 3.28. The summed E-state index contributed by atoms with van der Waals surface area (Å²) in [5.41, 5.74) is 5.73. The first kappa shape index (κ1) is 14.9. The number of hydrogen-bond acceptors (Lipinski definition) is 6. The van der Waals surface area contributed by atoms with Gasteiger partial charge in [0.15, 0.2) is 12.5 Å². The monoisotopic (exact) mass is 302 g/mol. The maximum Gasteiger partial charge on any atom is 0.187 e. The van der Waals surface area contributed by atoms with Crippen molar-refractivity contribution in [3.8, 4) is 0 Å². The van der Waals surface area contributed by atoms with E-state index < -0.39 is 23.3 Å². The summed E-state index contributed by atoms with van der Waals surface area (Å²) in [6.07, 6.45) is -0.525. The van der Waals surface area contributed by atoms with E-state index in [1.807, 2.05) is 4.72 Å². The van der Waals surface area contributed by atoms with Crippen LogP contribution < -0.4 is 15.4 Å². The Morgan fingerprint density at radius 3 is 2.95 bits per heavy atom. The second kappa shape index (κ2) is 6.27. The Bertz CT molecular complexity index is 530. The molecule has 0 bridgehead atoms. The molecule has 1 saturated heterocycles. The summed E-state index contributed by atoms with van der Waals surface area (Å²) in [4.78, 5) is 12.5. The zero-order valence-electron chi connectivity index (χ0n) is 10.3. The van der Waals surface area contributed by atoms with Crippen molar-refractivity contribution >= 4 is 28.9 Å². The number of hydrogen-bond donors (Lipinski definition) is 2. The van der Waals surface area contributed by atoms with Gasteiger partial charge in [0.25, 0.3) is 0 Å². The molecule has 0 radical (unpaired) electrons. The highest BCUT2D eigenvalue weighted by atomic mass is 32.2. The molecule has 2 unspecified atom stereocenters. The molecule has 0 spiro atoms. The second-order valence-corrected chi connectivity index (χ2v) is 4.85. The fourth-order valence-electron chi connectivity index (χ4n) is 1.98. The van der Waals surface area contributed by atoms with Gasteiger partial charge in [-0.15, -0.1) is 0 Å². The highest BCUT2D eigenvalue weighted by Gasteiger charge is 2.32. The number of nitrogens with two attached hydrogens (primary N) is 1. The van der Waals surface area contributed by atoms with Crippen molar-refractivity contribution in [1.29, 1.82) is 0 Å². The topological polar surface area (TPSA) is 108 Å². The lowest BCUT2D eigenvalue weighted by Gasteiger charge is -2.21. The molecule has 0 aromatic heterocycles. The smallest absolute Gasteiger partial charge is 0.187 e. The number of carbonyl (C=O) groups is 1. The summed E-state index contributed by atoms with van der Waals surface area (Å²) in [7, 11) is 0. The van der Waals surface area contributed by atoms with Crippen molar-refractivity contribution in [2.75, 3.05) is 22.7 Å². The van der Waals surface area contributed by atoms with Crippen molar-refractivity contribution in [1.82, 2.24) is 0 Å². The second-order valence-electron chi connectivity index (χ2n) is 4.17. The Hall–Kier alpha value is -1.55. The van der Waals surface area contributed by atoms with Gasteiger partial charge < -0.3 is 24.6 Å². The Morgan fingerprint density at radius 2 is 2.40 bits per heavy atom. The van der Waals surface area contributed by atoms with E-state index in [0.29, 0.717) is 18.5 Å². The van der Waals surface area contributed by atoms with Crippen molar-refractivity contribution in [3.63, 3.8) is 0 Å². The molecule has 1 aromatic rings. The summed E-state index contributed by atoms with van der Waals surface area (Å²) in [6.45, 7) is 0.609.